The molecule has 0 bridgehead atoms. The molecule has 5 heteroatoms. The lowest BCUT2D eigenvalue weighted by molar-refractivity contribution is -0.125. The first kappa shape index (κ1) is 13.6. The second-order valence-electron chi connectivity index (χ2n) is 4.78. The molecule has 0 aliphatic carbocycles. The van der Waals surface area contributed by atoms with Gasteiger partial charge in [-0.15, -0.1) is 0 Å². The number of rotatable bonds is 4. The van der Waals surface area contributed by atoms with E-state index in [0.717, 1.165) is 22.4 Å². The fraction of sp³-hybridized carbons (Fsp3) is 0.125. The number of nitrogens with one attached hydrogen (secondary N) is 1. The fourth-order valence-electron chi connectivity index (χ4n) is 2.05. The van der Waals surface area contributed by atoms with Gasteiger partial charge in [0, 0.05) is 13.1 Å². The predicted octanol–water partition coefficient (Wildman–Crippen LogP) is 3.30. The van der Waals surface area contributed by atoms with Gasteiger partial charge in [-0.05, 0) is 40.6 Å². The van der Waals surface area contributed by atoms with Crippen LogP contribution in [0.25, 0.3) is 17.1 Å². The van der Waals surface area contributed by atoms with Gasteiger partial charge < -0.3 is 9.88 Å². The number of fused-ring (bicyclic) bond motifs is 1. The third-order valence-electron chi connectivity index (χ3n) is 3.16. The van der Waals surface area contributed by atoms with E-state index in [1.807, 2.05) is 47.2 Å². The lowest BCUT2D eigenvalue weighted by Crippen LogP contribution is -2.24. The molecule has 21 heavy (non-hydrogen) atoms. The molecule has 0 aliphatic rings. The summed E-state index contributed by atoms with van der Waals surface area (Å²) in [5, 5.41) is 3.99. The third-order valence-corrected chi connectivity index (χ3v) is 3.86. The fourth-order valence-corrected chi connectivity index (χ4v) is 2.68. The van der Waals surface area contributed by atoms with E-state index in [1.54, 1.807) is 29.4 Å². The lowest BCUT2D eigenvalue weighted by atomic mass is 10.3. The van der Waals surface area contributed by atoms with Gasteiger partial charge in [-0.3, -0.25) is 4.79 Å². The van der Waals surface area contributed by atoms with Crippen molar-refractivity contribution < 1.29 is 4.79 Å². The van der Waals surface area contributed by atoms with Gasteiger partial charge in [0.15, 0.2) is 0 Å². The average Bonchev–Trinajstić information content (AvgIpc) is 3.13. The number of carbonyl (C=O) groups excluding carboxylic acids is 1. The summed E-state index contributed by atoms with van der Waals surface area (Å²) in [4.78, 5) is 21.4. The Hall–Kier alpha value is -2.40. The third kappa shape index (κ3) is 3.20. The molecule has 0 atom stereocenters. The van der Waals surface area contributed by atoms with Gasteiger partial charge in [-0.1, -0.05) is 12.1 Å². The molecule has 1 N–H and O–H groups in total. The molecule has 3 aromatic rings. The highest BCUT2D eigenvalue weighted by Gasteiger charge is 2.09. The number of carbonyl (C=O) groups is 1. The van der Waals surface area contributed by atoms with Crippen molar-refractivity contribution in [3.63, 3.8) is 0 Å². The van der Waals surface area contributed by atoms with Gasteiger partial charge >= 0.3 is 0 Å². The Bertz CT molecular complexity index is 741. The highest BCUT2D eigenvalue weighted by atomic mass is 32.1. The summed E-state index contributed by atoms with van der Waals surface area (Å²) in [6.45, 7) is 0.460. The molecule has 0 saturated carbocycles. The number of thiophene rings is 1. The molecule has 0 aliphatic heterocycles. The van der Waals surface area contributed by atoms with Crippen LogP contribution in [0.5, 0.6) is 0 Å². The second kappa shape index (κ2) is 5.93. The van der Waals surface area contributed by atoms with Crippen LogP contribution in [0, 0.1) is 0 Å². The molecule has 0 saturated heterocycles. The molecule has 2 aromatic heterocycles. The quantitative estimate of drug-likeness (QED) is 0.751. The lowest BCUT2D eigenvalue weighted by Gasteiger charge is -2.12. The zero-order valence-corrected chi connectivity index (χ0v) is 12.4. The normalized spacial score (nSPS) is 11.3. The Morgan fingerprint density at radius 3 is 3.00 bits per heavy atom. The zero-order valence-electron chi connectivity index (χ0n) is 11.6. The SMILES string of the molecule is CN(Cc1nc2ccccc2[nH]1)C(=O)C=Cc1ccsc1. The molecule has 106 valence electrons. The Balaban J connectivity index is 1.67. The molecule has 3 rings (SSSR count). The molecule has 0 radical (unpaired) electrons. The number of amides is 1. The largest absolute Gasteiger partial charge is 0.340 e. The van der Waals surface area contributed by atoms with Gasteiger partial charge in [0.05, 0.1) is 17.6 Å². The standard InChI is InChI=1S/C16H15N3OS/c1-19(16(20)7-6-12-8-9-21-11-12)10-15-17-13-4-2-3-5-14(13)18-15/h2-9,11H,10H2,1H3,(H,17,18). The molecule has 0 spiro atoms. The van der Waals surface area contributed by atoms with Crippen LogP contribution in [0.15, 0.2) is 47.2 Å². The van der Waals surface area contributed by atoms with E-state index in [0.29, 0.717) is 6.54 Å². The molecular weight excluding hydrogens is 282 g/mol. The first-order valence-corrected chi connectivity index (χ1v) is 7.55. The van der Waals surface area contributed by atoms with E-state index in [1.165, 1.54) is 0 Å². The number of benzene rings is 1. The minimum atomic E-state index is -0.0401. The van der Waals surface area contributed by atoms with Crippen LogP contribution < -0.4 is 0 Å². The van der Waals surface area contributed by atoms with Crippen molar-refractivity contribution in [2.24, 2.45) is 0 Å². The maximum absolute atomic E-state index is 12.1. The molecule has 1 amide bonds. The highest BCUT2D eigenvalue weighted by Crippen LogP contribution is 2.12. The molecule has 1 aromatic carbocycles. The van der Waals surface area contributed by atoms with Crippen LogP contribution >= 0.6 is 11.3 Å². The van der Waals surface area contributed by atoms with Crippen molar-refractivity contribution in [3.05, 3.63) is 58.6 Å². The van der Waals surface area contributed by atoms with E-state index < -0.39 is 0 Å². The van der Waals surface area contributed by atoms with Crippen LogP contribution in [0.3, 0.4) is 0 Å². The minimum Gasteiger partial charge on any atom is -0.340 e. The number of aromatic amines is 1. The first-order valence-electron chi connectivity index (χ1n) is 6.61. The van der Waals surface area contributed by atoms with Crippen molar-refractivity contribution in [1.82, 2.24) is 14.9 Å². The Morgan fingerprint density at radius 1 is 1.38 bits per heavy atom. The number of H-pyrrole nitrogens is 1. The summed E-state index contributed by atoms with van der Waals surface area (Å²) in [6.07, 6.45) is 3.42. The maximum Gasteiger partial charge on any atom is 0.246 e. The van der Waals surface area contributed by atoms with Gasteiger partial charge in [0.25, 0.3) is 0 Å². The van der Waals surface area contributed by atoms with E-state index in [4.69, 9.17) is 0 Å². The summed E-state index contributed by atoms with van der Waals surface area (Å²) in [6, 6.07) is 9.82. The van der Waals surface area contributed by atoms with E-state index in [-0.39, 0.29) is 5.91 Å². The van der Waals surface area contributed by atoms with Gasteiger partial charge in [-0.25, -0.2) is 4.98 Å². The number of hydrogen-bond acceptors (Lipinski definition) is 3. The Morgan fingerprint density at radius 2 is 2.24 bits per heavy atom. The summed E-state index contributed by atoms with van der Waals surface area (Å²) < 4.78 is 0. The number of aromatic nitrogens is 2. The van der Waals surface area contributed by atoms with Crippen molar-refractivity contribution in [3.8, 4) is 0 Å². The average molecular weight is 297 g/mol. The summed E-state index contributed by atoms with van der Waals surface area (Å²) in [5.41, 5.74) is 2.95. The van der Waals surface area contributed by atoms with E-state index in [9.17, 15) is 4.79 Å². The number of hydrogen-bond donors (Lipinski definition) is 1. The topological polar surface area (TPSA) is 49.0 Å². The van der Waals surface area contributed by atoms with Crippen molar-refractivity contribution in [2.75, 3.05) is 7.05 Å². The minimum absolute atomic E-state index is 0.0401. The summed E-state index contributed by atoms with van der Waals surface area (Å²) >= 11 is 1.61. The van der Waals surface area contributed by atoms with Gasteiger partial charge in [0.1, 0.15) is 5.82 Å². The van der Waals surface area contributed by atoms with Crippen molar-refractivity contribution >= 4 is 34.4 Å². The van der Waals surface area contributed by atoms with Crippen molar-refractivity contribution in [2.45, 2.75) is 6.54 Å². The molecule has 0 fully saturated rings. The van der Waals surface area contributed by atoms with E-state index >= 15 is 0 Å². The van der Waals surface area contributed by atoms with E-state index in [2.05, 4.69) is 9.97 Å². The molecule has 0 unspecified atom stereocenters. The molecule has 2 heterocycles. The van der Waals surface area contributed by atoms with Crippen LogP contribution in [0.4, 0.5) is 0 Å². The predicted molar refractivity (Wildman–Crippen MR) is 85.9 cm³/mol. The number of para-hydroxylation sites is 2. The maximum atomic E-state index is 12.1. The Kier molecular flexibility index (Phi) is 3.83. The highest BCUT2D eigenvalue weighted by molar-refractivity contribution is 7.08. The molecule has 4 nitrogen and oxygen atoms in total. The van der Waals surface area contributed by atoms with Gasteiger partial charge in [-0.2, -0.15) is 11.3 Å². The summed E-state index contributed by atoms with van der Waals surface area (Å²) in [7, 11) is 1.77. The number of nitrogens with zero attached hydrogens (tertiary/aromatic N) is 2. The van der Waals surface area contributed by atoms with Crippen LogP contribution in [0.2, 0.25) is 0 Å². The van der Waals surface area contributed by atoms with Gasteiger partial charge in [0.2, 0.25) is 5.91 Å². The second-order valence-corrected chi connectivity index (χ2v) is 5.56. The smallest absolute Gasteiger partial charge is 0.246 e. The zero-order chi connectivity index (χ0) is 14.7. The number of imidazole rings is 1. The van der Waals surface area contributed by atoms with Crippen LogP contribution in [-0.4, -0.2) is 27.8 Å². The summed E-state index contributed by atoms with van der Waals surface area (Å²) in [5.74, 6) is 0.748. The van der Waals surface area contributed by atoms with Crippen LogP contribution in [0.1, 0.15) is 11.4 Å². The number of likely N-dealkylation sites (N-methyl/N-ethyl adjacent to an activating group) is 1. The van der Waals surface area contributed by atoms with Crippen LogP contribution in [-0.2, 0) is 11.3 Å². The Labute approximate surface area is 126 Å². The monoisotopic (exact) mass is 297 g/mol. The first-order chi connectivity index (χ1) is 10.2. The molecular formula is C16H15N3OS. The van der Waals surface area contributed by atoms with Crippen molar-refractivity contribution in [1.29, 1.82) is 0 Å².